The molecule has 0 bridgehead atoms. The second-order valence-electron chi connectivity index (χ2n) is 5.88. The Morgan fingerprint density at radius 2 is 2.00 bits per heavy atom. The van der Waals surface area contributed by atoms with Crippen LogP contribution in [-0.4, -0.2) is 48.1 Å². The molecule has 0 aliphatic carbocycles. The first kappa shape index (κ1) is 16.4. The summed E-state index contributed by atoms with van der Waals surface area (Å²) in [6, 6.07) is 5.16. The quantitative estimate of drug-likeness (QED) is 0.873. The average molecular weight is 308 g/mol. The number of nitrogens with zero attached hydrogens (tertiary/aromatic N) is 1. The van der Waals surface area contributed by atoms with E-state index in [2.05, 4.69) is 5.32 Å². The van der Waals surface area contributed by atoms with E-state index in [1.807, 2.05) is 6.92 Å². The smallest absolute Gasteiger partial charge is 0.251 e. The van der Waals surface area contributed by atoms with Crippen molar-refractivity contribution in [2.75, 3.05) is 26.2 Å². The molecule has 0 saturated carbocycles. The van der Waals surface area contributed by atoms with Crippen molar-refractivity contribution in [3.8, 4) is 0 Å². The zero-order chi connectivity index (χ0) is 16.1. The first-order chi connectivity index (χ1) is 10.5. The number of likely N-dealkylation sites (tertiary alicyclic amines) is 1. The van der Waals surface area contributed by atoms with E-state index in [0.717, 1.165) is 6.42 Å². The third-order valence-electron chi connectivity index (χ3n) is 3.86. The van der Waals surface area contributed by atoms with Crippen molar-refractivity contribution >= 4 is 11.8 Å². The zero-order valence-electron chi connectivity index (χ0n) is 12.6. The summed E-state index contributed by atoms with van der Waals surface area (Å²) in [7, 11) is 0. The summed E-state index contributed by atoms with van der Waals surface area (Å²) in [5.74, 6) is -0.550. The van der Waals surface area contributed by atoms with Gasteiger partial charge in [-0.25, -0.2) is 4.39 Å². The van der Waals surface area contributed by atoms with Crippen molar-refractivity contribution < 1.29 is 19.1 Å². The van der Waals surface area contributed by atoms with Crippen molar-refractivity contribution in [3.63, 3.8) is 0 Å². The summed E-state index contributed by atoms with van der Waals surface area (Å²) >= 11 is 0. The van der Waals surface area contributed by atoms with Gasteiger partial charge in [-0.2, -0.15) is 0 Å². The van der Waals surface area contributed by atoms with Gasteiger partial charge in [-0.3, -0.25) is 9.59 Å². The third-order valence-corrected chi connectivity index (χ3v) is 3.86. The van der Waals surface area contributed by atoms with Gasteiger partial charge in [-0.05, 0) is 42.5 Å². The van der Waals surface area contributed by atoms with Crippen LogP contribution in [0, 0.1) is 17.7 Å². The number of aliphatic hydroxyl groups excluding tert-OH is 1. The summed E-state index contributed by atoms with van der Waals surface area (Å²) in [6.07, 6.45) is 0.905. The van der Waals surface area contributed by atoms with Gasteiger partial charge in [0.25, 0.3) is 5.91 Å². The van der Waals surface area contributed by atoms with E-state index < -0.39 is 11.7 Å². The highest BCUT2D eigenvalue weighted by molar-refractivity contribution is 5.96. The van der Waals surface area contributed by atoms with Crippen LogP contribution in [0.1, 0.15) is 23.7 Å². The molecule has 120 valence electrons. The molecule has 2 rings (SSSR count). The molecule has 22 heavy (non-hydrogen) atoms. The van der Waals surface area contributed by atoms with Crippen LogP contribution in [0.15, 0.2) is 24.3 Å². The standard InChI is InChI=1S/C16H21FN2O3/c1-11-6-12(10-20)9-19(8-11)15(21)7-18-16(22)13-2-4-14(17)5-3-13/h2-5,11-12,20H,6-10H2,1H3,(H,18,22). The Morgan fingerprint density at radius 1 is 1.32 bits per heavy atom. The van der Waals surface area contributed by atoms with Gasteiger partial charge in [0.05, 0.1) is 6.54 Å². The number of benzene rings is 1. The third kappa shape index (κ3) is 4.27. The Kier molecular flexibility index (Phi) is 5.49. The lowest BCUT2D eigenvalue weighted by molar-refractivity contribution is -0.133. The van der Waals surface area contributed by atoms with Crippen molar-refractivity contribution in [3.05, 3.63) is 35.6 Å². The van der Waals surface area contributed by atoms with Gasteiger partial charge in [0.1, 0.15) is 5.82 Å². The Bertz CT molecular complexity index is 533. The molecule has 1 aromatic rings. The number of rotatable bonds is 4. The lowest BCUT2D eigenvalue weighted by atomic mass is 9.91. The van der Waals surface area contributed by atoms with Crippen LogP contribution in [0.4, 0.5) is 4.39 Å². The molecule has 1 aliphatic rings. The molecule has 2 atom stereocenters. The van der Waals surface area contributed by atoms with Gasteiger partial charge < -0.3 is 15.3 Å². The van der Waals surface area contributed by atoms with Crippen LogP contribution >= 0.6 is 0 Å². The van der Waals surface area contributed by atoms with Gasteiger partial charge in [-0.1, -0.05) is 6.92 Å². The maximum atomic E-state index is 12.8. The van der Waals surface area contributed by atoms with Crippen molar-refractivity contribution in [2.24, 2.45) is 11.8 Å². The maximum Gasteiger partial charge on any atom is 0.251 e. The minimum absolute atomic E-state index is 0.0655. The molecule has 1 fully saturated rings. The molecule has 0 aromatic heterocycles. The number of hydrogen-bond acceptors (Lipinski definition) is 3. The lowest BCUT2D eigenvalue weighted by Gasteiger charge is -2.35. The fourth-order valence-electron chi connectivity index (χ4n) is 2.79. The number of carbonyl (C=O) groups is 2. The summed E-state index contributed by atoms with van der Waals surface area (Å²) in [5, 5.41) is 11.8. The van der Waals surface area contributed by atoms with Gasteiger partial charge in [0.2, 0.25) is 5.91 Å². The van der Waals surface area contributed by atoms with Crippen LogP contribution in [0.2, 0.25) is 0 Å². The molecule has 0 spiro atoms. The summed E-state index contributed by atoms with van der Waals surface area (Å²) in [6.45, 7) is 3.17. The molecule has 6 heteroatoms. The first-order valence-electron chi connectivity index (χ1n) is 7.42. The molecule has 1 heterocycles. The molecule has 2 amide bonds. The van der Waals surface area contributed by atoms with E-state index in [4.69, 9.17) is 0 Å². The predicted octanol–water partition coefficient (Wildman–Crippen LogP) is 1.03. The summed E-state index contributed by atoms with van der Waals surface area (Å²) < 4.78 is 12.8. The molecule has 5 nitrogen and oxygen atoms in total. The molecule has 2 unspecified atom stereocenters. The number of piperidine rings is 1. The molecule has 0 radical (unpaired) electrons. The number of carbonyl (C=O) groups excluding carboxylic acids is 2. The average Bonchev–Trinajstić information content (AvgIpc) is 2.52. The lowest BCUT2D eigenvalue weighted by Crippen LogP contribution is -2.48. The first-order valence-corrected chi connectivity index (χ1v) is 7.42. The van der Waals surface area contributed by atoms with Crippen LogP contribution in [0.5, 0.6) is 0 Å². The molecule has 1 saturated heterocycles. The number of aliphatic hydroxyl groups is 1. The van der Waals surface area contributed by atoms with Crippen molar-refractivity contribution in [2.45, 2.75) is 13.3 Å². The molecule has 1 aromatic carbocycles. The van der Waals surface area contributed by atoms with Crippen molar-refractivity contribution in [1.29, 1.82) is 0 Å². The van der Waals surface area contributed by atoms with Gasteiger partial charge >= 0.3 is 0 Å². The minimum Gasteiger partial charge on any atom is -0.396 e. The van der Waals surface area contributed by atoms with Gasteiger partial charge in [0, 0.05) is 25.3 Å². The zero-order valence-corrected chi connectivity index (χ0v) is 12.6. The predicted molar refractivity (Wildman–Crippen MR) is 79.7 cm³/mol. The number of nitrogens with one attached hydrogen (secondary N) is 1. The van der Waals surface area contributed by atoms with Crippen LogP contribution in [0.25, 0.3) is 0 Å². The Morgan fingerprint density at radius 3 is 2.64 bits per heavy atom. The number of hydrogen-bond donors (Lipinski definition) is 2. The molecular weight excluding hydrogens is 287 g/mol. The molecular formula is C16H21FN2O3. The van der Waals surface area contributed by atoms with Crippen LogP contribution in [-0.2, 0) is 4.79 Å². The van der Waals surface area contributed by atoms with E-state index in [1.54, 1.807) is 4.90 Å². The van der Waals surface area contributed by atoms with E-state index in [-0.39, 0.29) is 25.0 Å². The Hall–Kier alpha value is -1.95. The van der Waals surface area contributed by atoms with Gasteiger partial charge in [-0.15, -0.1) is 0 Å². The van der Waals surface area contributed by atoms with E-state index in [1.165, 1.54) is 24.3 Å². The largest absolute Gasteiger partial charge is 0.396 e. The Balaban J connectivity index is 1.86. The van der Waals surface area contributed by atoms with Gasteiger partial charge in [0.15, 0.2) is 0 Å². The molecule has 1 aliphatic heterocycles. The summed E-state index contributed by atoms with van der Waals surface area (Å²) in [4.78, 5) is 25.7. The highest BCUT2D eigenvalue weighted by Crippen LogP contribution is 2.20. The second-order valence-corrected chi connectivity index (χ2v) is 5.88. The van der Waals surface area contributed by atoms with Crippen LogP contribution < -0.4 is 5.32 Å². The van der Waals surface area contributed by atoms with E-state index >= 15 is 0 Å². The second kappa shape index (κ2) is 7.35. The fourth-order valence-corrected chi connectivity index (χ4v) is 2.79. The van der Waals surface area contributed by atoms with Crippen molar-refractivity contribution in [1.82, 2.24) is 10.2 Å². The highest BCUT2D eigenvalue weighted by Gasteiger charge is 2.27. The topological polar surface area (TPSA) is 69.6 Å². The summed E-state index contributed by atoms with van der Waals surface area (Å²) in [5.41, 5.74) is 0.314. The number of amides is 2. The molecule has 2 N–H and O–H groups in total. The normalized spacial score (nSPS) is 21.5. The van der Waals surface area contributed by atoms with E-state index in [0.29, 0.717) is 24.6 Å². The SMILES string of the molecule is CC1CC(CO)CN(C(=O)CNC(=O)c2ccc(F)cc2)C1. The fraction of sp³-hybridized carbons (Fsp3) is 0.500. The Labute approximate surface area is 129 Å². The number of halogens is 1. The van der Waals surface area contributed by atoms with Crippen LogP contribution in [0.3, 0.4) is 0 Å². The monoisotopic (exact) mass is 308 g/mol. The van der Waals surface area contributed by atoms with E-state index in [9.17, 15) is 19.1 Å². The minimum atomic E-state index is -0.412. The maximum absolute atomic E-state index is 12.8. The highest BCUT2D eigenvalue weighted by atomic mass is 19.1.